The van der Waals surface area contributed by atoms with Crippen LogP contribution in [0.2, 0.25) is 15.1 Å². The van der Waals surface area contributed by atoms with Gasteiger partial charge in [0.05, 0.1) is 15.6 Å². The van der Waals surface area contributed by atoms with E-state index >= 15 is 0 Å². The molecule has 1 aliphatic rings. The van der Waals surface area contributed by atoms with Crippen molar-refractivity contribution in [2.24, 2.45) is 0 Å². The number of fused-ring (bicyclic) bond motifs is 1. The standard InChI is InChI=1S/C18H13Cl3N6O/c1-9-15(17(28)23-12-5-3-11(19)4-6-12)16(27-18(22-9)24-25-26-27)10-2-7-13(20)14(21)8-10/h2-8,16H,1H3,(H,23,28)(H,22,24,26)/t16-/m1/s1. The van der Waals surface area contributed by atoms with Gasteiger partial charge in [-0.1, -0.05) is 46.0 Å². The predicted octanol–water partition coefficient (Wildman–Crippen LogP) is 4.56. The van der Waals surface area contributed by atoms with E-state index < -0.39 is 6.04 Å². The maximum Gasteiger partial charge on any atom is 0.255 e. The highest BCUT2D eigenvalue weighted by Gasteiger charge is 2.34. The van der Waals surface area contributed by atoms with Crippen LogP contribution < -0.4 is 10.6 Å². The molecule has 0 saturated heterocycles. The van der Waals surface area contributed by atoms with Gasteiger partial charge in [-0.25, -0.2) is 0 Å². The zero-order valence-corrected chi connectivity index (χ0v) is 16.7. The van der Waals surface area contributed by atoms with Gasteiger partial charge in [-0.05, 0) is 59.3 Å². The number of allylic oxidation sites excluding steroid dienone is 1. The minimum Gasteiger partial charge on any atom is -0.326 e. The van der Waals surface area contributed by atoms with E-state index in [4.69, 9.17) is 34.8 Å². The topological polar surface area (TPSA) is 84.7 Å². The fourth-order valence-corrected chi connectivity index (χ4v) is 3.46. The zero-order valence-electron chi connectivity index (χ0n) is 14.4. The van der Waals surface area contributed by atoms with E-state index in [1.807, 2.05) is 0 Å². The van der Waals surface area contributed by atoms with Gasteiger partial charge in [-0.2, -0.15) is 4.68 Å². The van der Waals surface area contributed by atoms with Crippen LogP contribution in [-0.2, 0) is 4.79 Å². The molecule has 28 heavy (non-hydrogen) atoms. The molecule has 1 atom stereocenters. The first kappa shape index (κ1) is 18.7. The monoisotopic (exact) mass is 434 g/mol. The van der Waals surface area contributed by atoms with Crippen LogP contribution in [0.25, 0.3) is 0 Å². The van der Waals surface area contributed by atoms with Crippen molar-refractivity contribution >= 4 is 52.3 Å². The van der Waals surface area contributed by atoms with Crippen molar-refractivity contribution in [3.05, 3.63) is 74.4 Å². The fourth-order valence-electron chi connectivity index (χ4n) is 3.03. The Morgan fingerprint density at radius 3 is 2.57 bits per heavy atom. The summed E-state index contributed by atoms with van der Waals surface area (Å²) in [6.07, 6.45) is 0. The molecule has 2 N–H and O–H groups in total. The Labute approximate surface area is 175 Å². The number of carbonyl (C=O) groups is 1. The molecule has 1 amide bonds. The number of halogens is 3. The third-order valence-electron chi connectivity index (χ3n) is 4.32. The Hall–Kier alpha value is -2.61. The number of tetrazole rings is 1. The summed E-state index contributed by atoms with van der Waals surface area (Å²) in [5.74, 6) is 0.126. The molecule has 0 radical (unpaired) electrons. The number of hydrogen-bond acceptors (Lipinski definition) is 5. The molecular weight excluding hydrogens is 423 g/mol. The van der Waals surface area contributed by atoms with Gasteiger partial charge in [-0.3, -0.25) is 4.79 Å². The Bertz CT molecular complexity index is 1090. The summed E-state index contributed by atoms with van der Waals surface area (Å²) in [6, 6.07) is 11.4. The van der Waals surface area contributed by atoms with Gasteiger partial charge in [0.25, 0.3) is 5.91 Å². The second kappa shape index (κ2) is 7.43. The third-order valence-corrected chi connectivity index (χ3v) is 5.31. The van der Waals surface area contributed by atoms with E-state index in [9.17, 15) is 4.79 Å². The Morgan fingerprint density at radius 1 is 1.11 bits per heavy atom. The zero-order chi connectivity index (χ0) is 19.8. The average molecular weight is 436 g/mol. The molecule has 0 unspecified atom stereocenters. The summed E-state index contributed by atoms with van der Waals surface area (Å²) < 4.78 is 1.53. The van der Waals surface area contributed by atoms with E-state index in [0.29, 0.717) is 38.0 Å². The van der Waals surface area contributed by atoms with Gasteiger partial charge in [0.1, 0.15) is 6.04 Å². The molecule has 7 nitrogen and oxygen atoms in total. The molecule has 0 spiro atoms. The number of anilines is 2. The second-order valence-electron chi connectivity index (χ2n) is 6.15. The van der Waals surface area contributed by atoms with Crippen LogP contribution >= 0.6 is 34.8 Å². The summed E-state index contributed by atoms with van der Waals surface area (Å²) in [5.41, 5.74) is 2.42. The maximum absolute atomic E-state index is 13.1. The highest BCUT2D eigenvalue weighted by atomic mass is 35.5. The normalized spacial score (nSPS) is 15.8. The van der Waals surface area contributed by atoms with E-state index in [2.05, 4.69) is 26.2 Å². The molecule has 0 saturated carbocycles. The summed E-state index contributed by atoms with van der Waals surface area (Å²) in [7, 11) is 0. The number of rotatable bonds is 3. The van der Waals surface area contributed by atoms with Crippen LogP contribution in [-0.4, -0.2) is 26.1 Å². The molecule has 2 aromatic carbocycles. The van der Waals surface area contributed by atoms with Gasteiger partial charge < -0.3 is 10.6 Å². The molecule has 2 heterocycles. The first-order chi connectivity index (χ1) is 13.4. The highest BCUT2D eigenvalue weighted by Crippen LogP contribution is 2.37. The minimum absolute atomic E-state index is 0.301. The first-order valence-corrected chi connectivity index (χ1v) is 9.35. The van der Waals surface area contributed by atoms with Crippen molar-refractivity contribution in [2.45, 2.75) is 13.0 Å². The molecule has 0 bridgehead atoms. The van der Waals surface area contributed by atoms with Gasteiger partial charge in [0, 0.05) is 16.4 Å². The SMILES string of the molecule is CC1=C(C(=O)Nc2ccc(Cl)cc2)[C@@H](c2ccc(Cl)c(Cl)c2)n2nnnc2N1. The number of nitrogens with zero attached hydrogens (tertiary/aromatic N) is 4. The van der Waals surface area contributed by atoms with E-state index in [-0.39, 0.29) is 5.91 Å². The number of aromatic nitrogens is 4. The van der Waals surface area contributed by atoms with Crippen LogP contribution in [0.4, 0.5) is 11.6 Å². The first-order valence-electron chi connectivity index (χ1n) is 8.21. The van der Waals surface area contributed by atoms with Crippen molar-refractivity contribution < 1.29 is 4.79 Å². The summed E-state index contributed by atoms with van der Waals surface area (Å²) in [5, 5.41) is 19.0. The Kier molecular flexibility index (Phi) is 4.97. The van der Waals surface area contributed by atoms with Crippen LogP contribution in [0.15, 0.2) is 53.7 Å². The quantitative estimate of drug-likeness (QED) is 0.630. The third kappa shape index (κ3) is 3.44. The van der Waals surface area contributed by atoms with Crippen LogP contribution in [0.1, 0.15) is 18.5 Å². The summed E-state index contributed by atoms with van der Waals surface area (Å²) >= 11 is 18.2. The number of amides is 1. The summed E-state index contributed by atoms with van der Waals surface area (Å²) in [4.78, 5) is 13.1. The minimum atomic E-state index is -0.576. The average Bonchev–Trinajstić information content (AvgIpc) is 3.12. The van der Waals surface area contributed by atoms with Gasteiger partial charge in [-0.15, -0.1) is 0 Å². The Morgan fingerprint density at radius 2 is 1.86 bits per heavy atom. The lowest BCUT2D eigenvalue weighted by molar-refractivity contribution is -0.113. The molecule has 142 valence electrons. The number of hydrogen-bond donors (Lipinski definition) is 2. The molecule has 1 aliphatic heterocycles. The van der Waals surface area contributed by atoms with E-state index in [1.54, 1.807) is 49.4 Å². The number of nitrogens with one attached hydrogen (secondary N) is 2. The van der Waals surface area contributed by atoms with Crippen molar-refractivity contribution in [2.75, 3.05) is 10.6 Å². The van der Waals surface area contributed by atoms with Crippen LogP contribution in [0.5, 0.6) is 0 Å². The lowest BCUT2D eigenvalue weighted by atomic mass is 9.95. The number of carbonyl (C=O) groups excluding carboxylic acids is 1. The van der Waals surface area contributed by atoms with E-state index in [1.165, 1.54) is 4.68 Å². The van der Waals surface area contributed by atoms with Gasteiger partial charge >= 0.3 is 0 Å². The predicted molar refractivity (Wildman–Crippen MR) is 109 cm³/mol. The lowest BCUT2D eigenvalue weighted by Gasteiger charge is -2.28. The summed E-state index contributed by atoms with van der Waals surface area (Å²) in [6.45, 7) is 1.79. The van der Waals surface area contributed by atoms with Crippen LogP contribution in [0.3, 0.4) is 0 Å². The molecule has 1 aromatic heterocycles. The van der Waals surface area contributed by atoms with E-state index in [0.717, 1.165) is 5.56 Å². The largest absolute Gasteiger partial charge is 0.326 e. The maximum atomic E-state index is 13.1. The fraction of sp³-hybridized carbons (Fsp3) is 0.111. The molecule has 4 rings (SSSR count). The molecule has 3 aromatic rings. The van der Waals surface area contributed by atoms with Crippen molar-refractivity contribution in [1.82, 2.24) is 20.2 Å². The Balaban J connectivity index is 1.77. The smallest absolute Gasteiger partial charge is 0.255 e. The van der Waals surface area contributed by atoms with Crippen LogP contribution in [0, 0.1) is 0 Å². The molecule has 0 aliphatic carbocycles. The second-order valence-corrected chi connectivity index (χ2v) is 7.40. The van der Waals surface area contributed by atoms with Gasteiger partial charge in [0.15, 0.2) is 0 Å². The van der Waals surface area contributed by atoms with Crippen molar-refractivity contribution in [1.29, 1.82) is 0 Å². The molecular formula is C18H13Cl3N6O. The van der Waals surface area contributed by atoms with Gasteiger partial charge in [0.2, 0.25) is 5.95 Å². The van der Waals surface area contributed by atoms with Crippen molar-refractivity contribution in [3.63, 3.8) is 0 Å². The molecule has 10 heteroatoms. The van der Waals surface area contributed by atoms with Crippen molar-refractivity contribution in [3.8, 4) is 0 Å². The number of benzene rings is 2. The highest BCUT2D eigenvalue weighted by molar-refractivity contribution is 6.42. The lowest BCUT2D eigenvalue weighted by Crippen LogP contribution is -2.31. The molecule has 0 fully saturated rings.